The van der Waals surface area contributed by atoms with Gasteiger partial charge < -0.3 is 30.4 Å². The molecule has 0 bridgehead atoms. The van der Waals surface area contributed by atoms with Crippen molar-refractivity contribution in [1.82, 2.24) is 10.3 Å². The van der Waals surface area contributed by atoms with E-state index in [2.05, 4.69) is 10.3 Å². The normalized spacial score (nSPS) is 11.8. The van der Waals surface area contributed by atoms with Crippen LogP contribution in [-0.2, 0) is 27.4 Å². The number of halogens is 2. The van der Waals surface area contributed by atoms with Crippen molar-refractivity contribution >= 4 is 11.9 Å². The summed E-state index contributed by atoms with van der Waals surface area (Å²) in [5, 5.41) is 12.2. The fourth-order valence-electron chi connectivity index (χ4n) is 3.71. The molecule has 0 spiro atoms. The van der Waals surface area contributed by atoms with Crippen LogP contribution in [0.25, 0.3) is 11.1 Å². The number of carbonyl (C=O) groups is 2. The van der Waals surface area contributed by atoms with E-state index < -0.39 is 35.5 Å². The zero-order valence-electron chi connectivity index (χ0n) is 21.9. The Bertz CT molecular complexity index is 1320. The van der Waals surface area contributed by atoms with E-state index in [9.17, 15) is 23.5 Å². The van der Waals surface area contributed by atoms with E-state index in [0.717, 1.165) is 11.1 Å². The second kappa shape index (κ2) is 13.6. The average Bonchev–Trinajstić information content (AvgIpc) is 2.89. The average molecular weight is 544 g/mol. The SMILES string of the molecule is COCC(=O)NCc1cc(Oc2nc(OC(CC(C)C)C(=O)O)c(F)cc2F)cc(-c2cccc(CN)c2)c1. The fourth-order valence-corrected chi connectivity index (χ4v) is 3.71. The first kappa shape index (κ1) is 29.5. The van der Waals surface area contributed by atoms with E-state index in [4.69, 9.17) is 19.9 Å². The number of benzene rings is 2. The lowest BCUT2D eigenvalue weighted by atomic mass is 10.0. The molecule has 0 aliphatic rings. The molecule has 1 aromatic heterocycles. The molecule has 1 heterocycles. The molecule has 1 atom stereocenters. The highest BCUT2D eigenvalue weighted by Gasteiger charge is 2.25. The number of amides is 1. The number of hydrogen-bond donors (Lipinski definition) is 3. The van der Waals surface area contributed by atoms with Crippen molar-refractivity contribution < 1.29 is 37.7 Å². The number of nitrogens with one attached hydrogen (secondary N) is 1. The number of nitrogens with zero attached hydrogens (tertiary/aromatic N) is 1. The van der Waals surface area contributed by atoms with Crippen molar-refractivity contribution in [2.24, 2.45) is 11.7 Å². The Balaban J connectivity index is 1.98. The summed E-state index contributed by atoms with van der Waals surface area (Å²) in [5.74, 6) is -5.14. The maximum atomic E-state index is 14.7. The van der Waals surface area contributed by atoms with E-state index in [1.54, 1.807) is 26.0 Å². The minimum atomic E-state index is -1.38. The first-order valence-electron chi connectivity index (χ1n) is 12.2. The van der Waals surface area contributed by atoms with Crippen LogP contribution in [0.15, 0.2) is 48.5 Å². The Labute approximate surface area is 224 Å². The van der Waals surface area contributed by atoms with Crippen LogP contribution in [0.4, 0.5) is 8.78 Å². The smallest absolute Gasteiger partial charge is 0.344 e. The summed E-state index contributed by atoms with van der Waals surface area (Å²) in [7, 11) is 1.40. The third kappa shape index (κ3) is 8.45. The number of aromatic nitrogens is 1. The predicted octanol–water partition coefficient (Wildman–Crippen LogP) is 4.42. The van der Waals surface area contributed by atoms with Gasteiger partial charge in [0.1, 0.15) is 12.4 Å². The van der Waals surface area contributed by atoms with Crippen LogP contribution in [-0.4, -0.2) is 41.8 Å². The summed E-state index contributed by atoms with van der Waals surface area (Å²) >= 11 is 0. The fraction of sp³-hybridized carbons (Fsp3) is 0.321. The van der Waals surface area contributed by atoms with Gasteiger partial charge in [-0.1, -0.05) is 32.0 Å². The van der Waals surface area contributed by atoms with E-state index in [1.807, 2.05) is 30.3 Å². The van der Waals surface area contributed by atoms with E-state index in [-0.39, 0.29) is 37.1 Å². The molecule has 4 N–H and O–H groups in total. The van der Waals surface area contributed by atoms with Crippen molar-refractivity contribution in [2.45, 2.75) is 39.5 Å². The van der Waals surface area contributed by atoms with Crippen molar-refractivity contribution in [3.63, 3.8) is 0 Å². The highest BCUT2D eigenvalue weighted by Crippen LogP contribution is 2.32. The third-order valence-electron chi connectivity index (χ3n) is 5.52. The van der Waals surface area contributed by atoms with E-state index in [0.29, 0.717) is 23.7 Å². The Hall–Kier alpha value is -4.09. The van der Waals surface area contributed by atoms with Crippen LogP contribution in [0.3, 0.4) is 0 Å². The molecule has 0 aliphatic heterocycles. The summed E-state index contributed by atoms with van der Waals surface area (Å²) in [4.78, 5) is 27.3. The van der Waals surface area contributed by atoms with Gasteiger partial charge in [-0.05, 0) is 58.9 Å². The number of pyridine rings is 1. The van der Waals surface area contributed by atoms with Gasteiger partial charge in [0.05, 0.1) is 0 Å². The second-order valence-electron chi connectivity index (χ2n) is 9.22. The number of methoxy groups -OCH3 is 1. The van der Waals surface area contributed by atoms with Crippen LogP contribution in [0.2, 0.25) is 0 Å². The number of carbonyl (C=O) groups excluding carboxylic acids is 1. The quantitative estimate of drug-likeness (QED) is 0.289. The molecule has 9 nitrogen and oxygen atoms in total. The Morgan fingerprint density at radius 1 is 1.03 bits per heavy atom. The van der Waals surface area contributed by atoms with Crippen LogP contribution >= 0.6 is 0 Å². The molecule has 0 fully saturated rings. The van der Waals surface area contributed by atoms with Gasteiger partial charge in [0, 0.05) is 26.3 Å². The Morgan fingerprint density at radius 3 is 2.41 bits per heavy atom. The molecule has 1 unspecified atom stereocenters. The summed E-state index contributed by atoms with van der Waals surface area (Å²) in [6, 6.07) is 13.0. The molecule has 39 heavy (non-hydrogen) atoms. The molecular weight excluding hydrogens is 512 g/mol. The van der Waals surface area contributed by atoms with Gasteiger partial charge in [0.25, 0.3) is 11.8 Å². The van der Waals surface area contributed by atoms with Gasteiger partial charge >= 0.3 is 5.97 Å². The number of ether oxygens (including phenoxy) is 3. The van der Waals surface area contributed by atoms with E-state index >= 15 is 0 Å². The molecule has 0 saturated carbocycles. The molecule has 0 aliphatic carbocycles. The molecule has 1 amide bonds. The van der Waals surface area contributed by atoms with Gasteiger partial charge in [-0.25, -0.2) is 13.6 Å². The Kier molecular flexibility index (Phi) is 10.3. The highest BCUT2D eigenvalue weighted by molar-refractivity contribution is 5.77. The number of carboxylic acids is 1. The van der Waals surface area contributed by atoms with Crippen LogP contribution < -0.4 is 20.5 Å². The van der Waals surface area contributed by atoms with Crippen molar-refractivity contribution in [1.29, 1.82) is 0 Å². The van der Waals surface area contributed by atoms with Gasteiger partial charge in [-0.2, -0.15) is 4.98 Å². The summed E-state index contributed by atoms with van der Waals surface area (Å²) in [6.07, 6.45) is -1.29. The van der Waals surface area contributed by atoms with Crippen molar-refractivity contribution in [3.05, 3.63) is 71.3 Å². The highest BCUT2D eigenvalue weighted by atomic mass is 19.1. The molecule has 11 heteroatoms. The topological polar surface area (TPSA) is 133 Å². The summed E-state index contributed by atoms with van der Waals surface area (Å²) < 4.78 is 45.0. The largest absolute Gasteiger partial charge is 0.479 e. The van der Waals surface area contributed by atoms with E-state index in [1.165, 1.54) is 7.11 Å². The number of rotatable bonds is 13. The number of hydrogen-bond acceptors (Lipinski definition) is 7. The van der Waals surface area contributed by atoms with Gasteiger partial charge in [0.2, 0.25) is 5.91 Å². The number of carboxylic acid groups (broad SMARTS) is 1. The molecule has 3 aromatic rings. The lowest BCUT2D eigenvalue weighted by Gasteiger charge is -2.17. The third-order valence-corrected chi connectivity index (χ3v) is 5.52. The monoisotopic (exact) mass is 543 g/mol. The van der Waals surface area contributed by atoms with Crippen molar-refractivity contribution in [3.8, 4) is 28.6 Å². The maximum Gasteiger partial charge on any atom is 0.344 e. The van der Waals surface area contributed by atoms with Gasteiger partial charge in [0.15, 0.2) is 17.7 Å². The molecule has 2 aromatic carbocycles. The minimum Gasteiger partial charge on any atom is -0.479 e. The minimum absolute atomic E-state index is 0.0614. The maximum absolute atomic E-state index is 14.7. The Morgan fingerprint density at radius 2 is 1.74 bits per heavy atom. The molecular formula is C28H31F2N3O6. The summed E-state index contributed by atoms with van der Waals surface area (Å²) in [5.41, 5.74) is 8.76. The molecule has 208 valence electrons. The van der Waals surface area contributed by atoms with Crippen LogP contribution in [0, 0.1) is 17.6 Å². The van der Waals surface area contributed by atoms with Gasteiger partial charge in [-0.3, -0.25) is 4.79 Å². The zero-order valence-corrected chi connectivity index (χ0v) is 21.9. The first-order valence-corrected chi connectivity index (χ1v) is 12.2. The lowest BCUT2D eigenvalue weighted by Crippen LogP contribution is -2.29. The second-order valence-corrected chi connectivity index (χ2v) is 9.22. The zero-order chi connectivity index (χ0) is 28.5. The van der Waals surface area contributed by atoms with Crippen LogP contribution in [0.5, 0.6) is 17.5 Å². The van der Waals surface area contributed by atoms with Gasteiger partial charge in [-0.15, -0.1) is 0 Å². The van der Waals surface area contributed by atoms with Crippen molar-refractivity contribution in [2.75, 3.05) is 13.7 Å². The first-order chi connectivity index (χ1) is 18.6. The standard InChI is InChI=1S/C28H31F2N3O6/c1-16(2)7-24(28(35)36)39-27-23(30)12-22(29)26(33-27)38-21-10-18(14-32-25(34)15-37-3)9-20(11-21)19-6-4-5-17(8-19)13-31/h4-6,8-12,16,24H,7,13-15,31H2,1-3H3,(H,32,34)(H,35,36). The predicted molar refractivity (Wildman–Crippen MR) is 139 cm³/mol. The molecule has 3 rings (SSSR count). The number of nitrogens with two attached hydrogens (primary N) is 1. The summed E-state index contributed by atoms with van der Waals surface area (Å²) in [6.45, 7) is 3.89. The van der Waals surface area contributed by atoms with Crippen LogP contribution in [0.1, 0.15) is 31.4 Å². The molecule has 0 saturated heterocycles. The lowest BCUT2D eigenvalue weighted by molar-refractivity contribution is -0.146. The number of aliphatic carboxylic acids is 1. The molecule has 0 radical (unpaired) electrons.